The van der Waals surface area contributed by atoms with Crippen molar-refractivity contribution in [1.82, 2.24) is 10.2 Å². The molecule has 0 radical (unpaired) electrons. The third-order valence-corrected chi connectivity index (χ3v) is 5.06. The molecule has 0 spiro atoms. The molecule has 29 heavy (non-hydrogen) atoms. The zero-order chi connectivity index (χ0) is 19.8. The van der Waals surface area contributed by atoms with E-state index in [1.807, 2.05) is 6.07 Å². The number of ether oxygens (including phenoxy) is 2. The van der Waals surface area contributed by atoms with Crippen LogP contribution in [0.1, 0.15) is 16.7 Å². The fraction of sp³-hybridized carbons (Fsp3) is 0.409. The molecule has 0 aromatic heterocycles. The van der Waals surface area contributed by atoms with Crippen LogP contribution in [0.25, 0.3) is 0 Å². The van der Waals surface area contributed by atoms with Crippen LogP contribution in [0.15, 0.2) is 47.5 Å². The Labute approximate surface area is 190 Å². The molecular weight excluding hydrogens is 479 g/mol. The molecule has 6 nitrogen and oxygen atoms in total. The van der Waals surface area contributed by atoms with E-state index in [2.05, 4.69) is 51.6 Å². The monoisotopic (exact) mass is 510 g/mol. The number of hydrogen-bond acceptors (Lipinski definition) is 4. The average molecular weight is 510 g/mol. The number of nitrogens with two attached hydrogens (primary N) is 1. The van der Waals surface area contributed by atoms with Crippen molar-refractivity contribution in [3.05, 3.63) is 59.2 Å². The first kappa shape index (κ1) is 23.3. The molecule has 0 saturated carbocycles. The standard InChI is InChI=1S/C22H30N4O2.HI/c1-27-20-14-18-9-12-26(16-19(18)15-21(20)28-2)13-11-25-22(23)24-10-8-17-6-4-3-5-7-17;/h3-7,14-15H,8-13,16H2,1-2H3,(H3,23,24,25);1H. The van der Waals surface area contributed by atoms with Crippen LogP contribution in [-0.4, -0.2) is 51.3 Å². The highest BCUT2D eigenvalue weighted by molar-refractivity contribution is 14.0. The lowest BCUT2D eigenvalue weighted by atomic mass is 9.99. The lowest BCUT2D eigenvalue weighted by molar-refractivity contribution is 0.260. The molecule has 0 saturated heterocycles. The molecule has 0 unspecified atom stereocenters. The van der Waals surface area contributed by atoms with Crippen molar-refractivity contribution >= 4 is 29.9 Å². The first-order valence-electron chi connectivity index (χ1n) is 9.73. The molecule has 0 fully saturated rings. The van der Waals surface area contributed by atoms with E-state index in [1.54, 1.807) is 14.2 Å². The van der Waals surface area contributed by atoms with Crippen molar-refractivity contribution in [2.45, 2.75) is 19.4 Å². The highest BCUT2D eigenvalue weighted by Gasteiger charge is 2.19. The van der Waals surface area contributed by atoms with Gasteiger partial charge in [-0.05, 0) is 41.7 Å². The van der Waals surface area contributed by atoms with Gasteiger partial charge in [0.1, 0.15) is 0 Å². The lowest BCUT2D eigenvalue weighted by Crippen LogP contribution is -2.35. The third-order valence-electron chi connectivity index (χ3n) is 5.06. The van der Waals surface area contributed by atoms with E-state index in [0.29, 0.717) is 12.5 Å². The summed E-state index contributed by atoms with van der Waals surface area (Å²) in [6, 6.07) is 14.5. The lowest BCUT2D eigenvalue weighted by Gasteiger charge is -2.29. The molecule has 1 aliphatic rings. The topological polar surface area (TPSA) is 72.1 Å². The molecule has 0 amide bonds. The molecule has 0 atom stereocenters. The highest BCUT2D eigenvalue weighted by atomic mass is 127. The van der Waals surface area contributed by atoms with Gasteiger partial charge in [0.15, 0.2) is 17.5 Å². The van der Waals surface area contributed by atoms with E-state index in [4.69, 9.17) is 15.2 Å². The van der Waals surface area contributed by atoms with Gasteiger partial charge in [-0.1, -0.05) is 30.3 Å². The van der Waals surface area contributed by atoms with Crippen molar-refractivity contribution in [3.63, 3.8) is 0 Å². The molecule has 1 heterocycles. The van der Waals surface area contributed by atoms with Gasteiger partial charge in [-0.3, -0.25) is 9.89 Å². The normalized spacial score (nSPS) is 13.9. The summed E-state index contributed by atoms with van der Waals surface area (Å²) in [5, 5.41) is 3.19. The summed E-state index contributed by atoms with van der Waals surface area (Å²) in [4.78, 5) is 6.86. The van der Waals surface area contributed by atoms with E-state index in [9.17, 15) is 0 Å². The second-order valence-corrected chi connectivity index (χ2v) is 6.93. The Bertz CT molecular complexity index is 799. The summed E-state index contributed by atoms with van der Waals surface area (Å²) in [6.07, 6.45) is 1.94. The fourth-order valence-electron chi connectivity index (χ4n) is 3.48. The predicted octanol–water partition coefficient (Wildman–Crippen LogP) is 2.83. The second kappa shape index (κ2) is 11.9. The molecule has 1 aliphatic heterocycles. The molecule has 158 valence electrons. The summed E-state index contributed by atoms with van der Waals surface area (Å²) < 4.78 is 10.8. The van der Waals surface area contributed by atoms with Crippen molar-refractivity contribution in [1.29, 1.82) is 0 Å². The van der Waals surface area contributed by atoms with Gasteiger partial charge in [0.05, 0.1) is 20.8 Å². The number of hydrogen-bond donors (Lipinski definition) is 2. The highest BCUT2D eigenvalue weighted by Crippen LogP contribution is 2.33. The number of halogens is 1. The molecule has 3 N–H and O–H groups in total. The van der Waals surface area contributed by atoms with Crippen LogP contribution in [0.3, 0.4) is 0 Å². The number of aliphatic imine (C=N–C) groups is 1. The number of guanidine groups is 1. The number of rotatable bonds is 8. The van der Waals surface area contributed by atoms with E-state index in [0.717, 1.165) is 50.5 Å². The van der Waals surface area contributed by atoms with E-state index >= 15 is 0 Å². The van der Waals surface area contributed by atoms with Gasteiger partial charge in [-0.2, -0.15) is 0 Å². The number of benzene rings is 2. The Morgan fingerprint density at radius 2 is 1.79 bits per heavy atom. The van der Waals surface area contributed by atoms with Gasteiger partial charge in [-0.15, -0.1) is 24.0 Å². The number of nitrogens with zero attached hydrogens (tertiary/aromatic N) is 2. The van der Waals surface area contributed by atoms with E-state index < -0.39 is 0 Å². The first-order valence-corrected chi connectivity index (χ1v) is 9.73. The minimum atomic E-state index is 0. The van der Waals surface area contributed by atoms with Crippen LogP contribution >= 0.6 is 24.0 Å². The summed E-state index contributed by atoms with van der Waals surface area (Å²) in [5.41, 5.74) is 9.91. The summed E-state index contributed by atoms with van der Waals surface area (Å²) in [6.45, 7) is 4.27. The number of fused-ring (bicyclic) bond motifs is 1. The van der Waals surface area contributed by atoms with Crippen molar-refractivity contribution < 1.29 is 9.47 Å². The summed E-state index contributed by atoms with van der Waals surface area (Å²) in [7, 11) is 3.35. The van der Waals surface area contributed by atoms with Crippen LogP contribution in [0.5, 0.6) is 11.5 Å². The minimum Gasteiger partial charge on any atom is -0.493 e. The van der Waals surface area contributed by atoms with Gasteiger partial charge >= 0.3 is 0 Å². The molecule has 2 aromatic carbocycles. The predicted molar refractivity (Wildman–Crippen MR) is 129 cm³/mol. The van der Waals surface area contributed by atoms with Crippen LogP contribution in [0.4, 0.5) is 0 Å². The number of methoxy groups -OCH3 is 2. The van der Waals surface area contributed by atoms with Crippen LogP contribution in [0, 0.1) is 0 Å². The molecule has 0 aliphatic carbocycles. The minimum absolute atomic E-state index is 0. The largest absolute Gasteiger partial charge is 0.493 e. The van der Waals surface area contributed by atoms with Crippen molar-refractivity contribution in [3.8, 4) is 11.5 Å². The zero-order valence-electron chi connectivity index (χ0n) is 17.2. The molecule has 0 bridgehead atoms. The SMILES string of the molecule is COc1cc2c(cc1OC)CN(CCN=C(N)NCCc1ccccc1)CC2.I. The second-order valence-electron chi connectivity index (χ2n) is 6.93. The Kier molecular flexibility index (Phi) is 9.53. The summed E-state index contributed by atoms with van der Waals surface area (Å²) >= 11 is 0. The fourth-order valence-corrected chi connectivity index (χ4v) is 3.48. The average Bonchev–Trinajstić information content (AvgIpc) is 2.73. The van der Waals surface area contributed by atoms with Crippen molar-refractivity contribution in [2.24, 2.45) is 10.7 Å². The van der Waals surface area contributed by atoms with E-state index in [-0.39, 0.29) is 24.0 Å². The molecule has 7 heteroatoms. The molecular formula is C22H31IN4O2. The third kappa shape index (κ3) is 6.78. The van der Waals surface area contributed by atoms with Gasteiger partial charge in [-0.25, -0.2) is 0 Å². The summed E-state index contributed by atoms with van der Waals surface area (Å²) in [5.74, 6) is 2.10. The Morgan fingerprint density at radius 1 is 1.10 bits per heavy atom. The van der Waals surface area contributed by atoms with Gasteiger partial charge in [0.25, 0.3) is 0 Å². The zero-order valence-corrected chi connectivity index (χ0v) is 19.5. The maximum absolute atomic E-state index is 5.99. The molecule has 3 rings (SSSR count). The molecule has 2 aromatic rings. The van der Waals surface area contributed by atoms with Gasteiger partial charge in [0, 0.05) is 26.2 Å². The van der Waals surface area contributed by atoms with Crippen LogP contribution < -0.4 is 20.5 Å². The van der Waals surface area contributed by atoms with Gasteiger partial charge < -0.3 is 20.5 Å². The Hall–Kier alpha value is -2.00. The first-order chi connectivity index (χ1) is 13.7. The van der Waals surface area contributed by atoms with E-state index in [1.165, 1.54) is 16.7 Å². The Balaban J connectivity index is 0.00000300. The van der Waals surface area contributed by atoms with Crippen molar-refractivity contribution in [2.75, 3.05) is 40.4 Å². The van der Waals surface area contributed by atoms with Crippen LogP contribution in [-0.2, 0) is 19.4 Å². The van der Waals surface area contributed by atoms with Gasteiger partial charge in [0.2, 0.25) is 0 Å². The quantitative estimate of drug-likeness (QED) is 0.325. The maximum Gasteiger partial charge on any atom is 0.188 e. The maximum atomic E-state index is 5.99. The smallest absolute Gasteiger partial charge is 0.188 e. The Morgan fingerprint density at radius 3 is 2.48 bits per heavy atom. The van der Waals surface area contributed by atoms with Crippen LogP contribution in [0.2, 0.25) is 0 Å². The number of nitrogens with one attached hydrogen (secondary N) is 1.